The molecule has 2 N–H and O–H groups in total. The first-order valence-electron chi connectivity index (χ1n) is 10.2. The summed E-state index contributed by atoms with van der Waals surface area (Å²) < 4.78 is 11.4. The number of halogens is 1. The van der Waals surface area contributed by atoms with Gasteiger partial charge in [-0.05, 0) is 65.4 Å². The molecular formula is C26H19BrN2O5. The fourth-order valence-corrected chi connectivity index (χ4v) is 3.61. The molecule has 0 spiro atoms. The predicted octanol–water partition coefficient (Wildman–Crippen LogP) is 5.30. The largest absolute Gasteiger partial charge is 0.507 e. The lowest BCUT2D eigenvalue weighted by atomic mass is 10.1. The van der Waals surface area contributed by atoms with Crippen molar-refractivity contribution in [2.75, 3.05) is 7.11 Å². The first-order valence-corrected chi connectivity index (χ1v) is 10.9. The second kappa shape index (κ2) is 10.2. The Balaban J connectivity index is 1.50. The van der Waals surface area contributed by atoms with Crippen LogP contribution in [0.15, 0.2) is 88.4 Å². The summed E-state index contributed by atoms with van der Waals surface area (Å²) in [5.74, 6) is -0.393. The third kappa shape index (κ3) is 5.24. The zero-order chi connectivity index (χ0) is 24.1. The number of carbonyl (C=O) groups excluding carboxylic acids is 2. The second-order valence-electron chi connectivity index (χ2n) is 7.22. The number of fused-ring (bicyclic) bond motifs is 1. The van der Waals surface area contributed by atoms with Gasteiger partial charge in [-0.15, -0.1) is 0 Å². The van der Waals surface area contributed by atoms with E-state index in [4.69, 9.17) is 9.47 Å². The number of methoxy groups -OCH3 is 1. The number of hydrazone groups is 1. The molecule has 0 radical (unpaired) electrons. The van der Waals surface area contributed by atoms with Gasteiger partial charge in [0.2, 0.25) is 0 Å². The molecule has 8 heteroatoms. The number of aromatic hydroxyl groups is 1. The molecule has 0 aliphatic rings. The van der Waals surface area contributed by atoms with Gasteiger partial charge in [0.05, 0.1) is 24.5 Å². The van der Waals surface area contributed by atoms with Crippen LogP contribution in [0.25, 0.3) is 10.8 Å². The van der Waals surface area contributed by atoms with Gasteiger partial charge in [0.1, 0.15) is 17.2 Å². The minimum Gasteiger partial charge on any atom is -0.507 e. The maximum Gasteiger partial charge on any atom is 0.343 e. The van der Waals surface area contributed by atoms with Gasteiger partial charge in [-0.2, -0.15) is 5.10 Å². The summed E-state index contributed by atoms with van der Waals surface area (Å²) >= 11 is 3.38. The number of nitrogens with one attached hydrogen (secondary N) is 1. The van der Waals surface area contributed by atoms with Crippen molar-refractivity contribution in [1.29, 1.82) is 0 Å². The van der Waals surface area contributed by atoms with Gasteiger partial charge in [0.25, 0.3) is 5.91 Å². The van der Waals surface area contributed by atoms with Crippen LogP contribution in [0.4, 0.5) is 0 Å². The van der Waals surface area contributed by atoms with Crippen molar-refractivity contribution in [2.24, 2.45) is 5.10 Å². The van der Waals surface area contributed by atoms with Crippen LogP contribution in [0.2, 0.25) is 0 Å². The Morgan fingerprint density at radius 3 is 2.38 bits per heavy atom. The van der Waals surface area contributed by atoms with E-state index in [1.807, 2.05) is 24.3 Å². The fraction of sp³-hybridized carbons (Fsp3) is 0.0385. The highest BCUT2D eigenvalue weighted by molar-refractivity contribution is 9.10. The number of ether oxygens (including phenoxy) is 2. The minimum atomic E-state index is -0.578. The van der Waals surface area contributed by atoms with Crippen molar-refractivity contribution < 1.29 is 24.2 Å². The van der Waals surface area contributed by atoms with Crippen molar-refractivity contribution in [3.05, 3.63) is 100 Å². The molecule has 170 valence electrons. The molecule has 0 aromatic heterocycles. The van der Waals surface area contributed by atoms with Gasteiger partial charge < -0.3 is 14.6 Å². The highest BCUT2D eigenvalue weighted by Crippen LogP contribution is 2.25. The normalized spacial score (nSPS) is 10.9. The third-order valence-electron chi connectivity index (χ3n) is 4.98. The summed E-state index contributed by atoms with van der Waals surface area (Å²) in [4.78, 5) is 25.1. The van der Waals surface area contributed by atoms with Crippen LogP contribution in [0.5, 0.6) is 17.2 Å². The molecule has 0 saturated carbocycles. The molecule has 4 rings (SSSR count). The molecule has 4 aromatic carbocycles. The van der Waals surface area contributed by atoms with E-state index in [-0.39, 0.29) is 17.1 Å². The Hall–Kier alpha value is -4.17. The van der Waals surface area contributed by atoms with E-state index in [9.17, 15) is 14.7 Å². The summed E-state index contributed by atoms with van der Waals surface area (Å²) in [6.45, 7) is 0. The number of phenols is 1. The number of hydrogen-bond acceptors (Lipinski definition) is 6. The van der Waals surface area contributed by atoms with E-state index in [2.05, 4.69) is 26.5 Å². The summed E-state index contributed by atoms with van der Waals surface area (Å²) in [6, 6.07) is 22.1. The fourth-order valence-electron chi connectivity index (χ4n) is 3.23. The lowest BCUT2D eigenvalue weighted by molar-refractivity contribution is 0.0734. The van der Waals surface area contributed by atoms with Crippen molar-refractivity contribution in [1.82, 2.24) is 5.43 Å². The van der Waals surface area contributed by atoms with Crippen molar-refractivity contribution in [2.45, 2.75) is 0 Å². The molecule has 0 aliphatic heterocycles. The third-order valence-corrected chi connectivity index (χ3v) is 5.47. The Morgan fingerprint density at radius 2 is 1.68 bits per heavy atom. The molecular weight excluding hydrogens is 500 g/mol. The lowest BCUT2D eigenvalue weighted by Gasteiger charge is -2.09. The highest BCUT2D eigenvalue weighted by Gasteiger charge is 2.14. The summed E-state index contributed by atoms with van der Waals surface area (Å²) in [5.41, 5.74) is 3.30. The van der Waals surface area contributed by atoms with Crippen LogP contribution in [0, 0.1) is 0 Å². The molecule has 34 heavy (non-hydrogen) atoms. The van der Waals surface area contributed by atoms with E-state index in [1.54, 1.807) is 55.6 Å². The van der Waals surface area contributed by atoms with Crippen LogP contribution in [0.3, 0.4) is 0 Å². The topological polar surface area (TPSA) is 97.2 Å². The van der Waals surface area contributed by atoms with Gasteiger partial charge >= 0.3 is 5.97 Å². The minimum absolute atomic E-state index is 0.0937. The Morgan fingerprint density at radius 1 is 0.971 bits per heavy atom. The number of benzene rings is 4. The number of rotatable bonds is 6. The number of amides is 1. The van der Waals surface area contributed by atoms with E-state index in [1.165, 1.54) is 12.3 Å². The van der Waals surface area contributed by atoms with E-state index in [0.717, 1.165) is 15.2 Å². The van der Waals surface area contributed by atoms with E-state index in [0.29, 0.717) is 16.9 Å². The molecule has 0 bridgehead atoms. The van der Waals surface area contributed by atoms with Crippen molar-refractivity contribution in [3.8, 4) is 17.2 Å². The molecule has 0 fully saturated rings. The first-order chi connectivity index (χ1) is 16.4. The van der Waals surface area contributed by atoms with Gasteiger partial charge in [-0.1, -0.05) is 40.2 Å². The van der Waals surface area contributed by atoms with Gasteiger partial charge in [0.15, 0.2) is 0 Å². The molecule has 4 aromatic rings. The monoisotopic (exact) mass is 518 g/mol. The smallest absolute Gasteiger partial charge is 0.343 e. The highest BCUT2D eigenvalue weighted by atomic mass is 79.9. The zero-order valence-electron chi connectivity index (χ0n) is 18.0. The van der Waals surface area contributed by atoms with Crippen LogP contribution in [-0.4, -0.2) is 30.3 Å². The van der Waals surface area contributed by atoms with E-state index < -0.39 is 11.9 Å². The van der Waals surface area contributed by atoms with Crippen LogP contribution < -0.4 is 14.9 Å². The average molecular weight is 519 g/mol. The average Bonchev–Trinajstić information content (AvgIpc) is 2.85. The molecule has 0 saturated heterocycles. The summed E-state index contributed by atoms with van der Waals surface area (Å²) in [5, 5.41) is 15.8. The van der Waals surface area contributed by atoms with Gasteiger partial charge in [0, 0.05) is 10.0 Å². The standard InChI is InChI=1S/C26H19BrN2O5/c1-33-21-9-6-16(7-10-21)26(32)34-24-11-8-20(27)12-19(24)15-28-29-25(31)22-13-17-4-2-3-5-18(17)14-23(22)30/h2-15,30H,1H3,(H,29,31)/b28-15+. The lowest BCUT2D eigenvalue weighted by Crippen LogP contribution is -2.18. The summed E-state index contributed by atoms with van der Waals surface area (Å²) in [7, 11) is 1.54. The number of hydrogen-bond donors (Lipinski definition) is 2. The van der Waals surface area contributed by atoms with Crippen molar-refractivity contribution >= 4 is 44.8 Å². The first kappa shape index (κ1) is 23.0. The molecule has 0 unspecified atom stereocenters. The molecule has 7 nitrogen and oxygen atoms in total. The summed E-state index contributed by atoms with van der Waals surface area (Å²) in [6.07, 6.45) is 1.36. The van der Waals surface area contributed by atoms with Crippen LogP contribution in [-0.2, 0) is 0 Å². The maximum absolute atomic E-state index is 12.6. The predicted molar refractivity (Wildman–Crippen MR) is 133 cm³/mol. The Labute approximate surface area is 203 Å². The molecule has 1 amide bonds. The van der Waals surface area contributed by atoms with Crippen molar-refractivity contribution in [3.63, 3.8) is 0 Å². The van der Waals surface area contributed by atoms with Crippen LogP contribution >= 0.6 is 15.9 Å². The quantitative estimate of drug-likeness (QED) is 0.156. The van der Waals surface area contributed by atoms with Gasteiger partial charge in [-0.25, -0.2) is 10.2 Å². The maximum atomic E-state index is 12.6. The van der Waals surface area contributed by atoms with E-state index >= 15 is 0 Å². The molecule has 0 atom stereocenters. The number of esters is 1. The van der Waals surface area contributed by atoms with Crippen LogP contribution in [0.1, 0.15) is 26.3 Å². The zero-order valence-corrected chi connectivity index (χ0v) is 19.6. The molecule has 0 aliphatic carbocycles. The Kier molecular flexibility index (Phi) is 6.89. The number of nitrogens with zero attached hydrogens (tertiary/aromatic N) is 1. The number of carbonyl (C=O) groups is 2. The Bertz CT molecular complexity index is 1400. The SMILES string of the molecule is COc1ccc(C(=O)Oc2ccc(Br)cc2/C=N/NC(=O)c2cc3ccccc3cc2O)cc1. The molecule has 0 heterocycles. The number of phenolic OH excluding ortho intramolecular Hbond substituents is 1. The second-order valence-corrected chi connectivity index (χ2v) is 8.13. The van der Waals surface area contributed by atoms with Gasteiger partial charge in [-0.3, -0.25) is 4.79 Å².